The van der Waals surface area contributed by atoms with E-state index in [9.17, 15) is 19.7 Å². The molecule has 5 rings (SSSR count). The minimum atomic E-state index is -0.689. The van der Waals surface area contributed by atoms with Gasteiger partial charge in [0.2, 0.25) is 0 Å². The number of nitrogens with one attached hydrogen (secondary N) is 1. The van der Waals surface area contributed by atoms with Gasteiger partial charge in [-0.25, -0.2) is 4.79 Å². The van der Waals surface area contributed by atoms with Gasteiger partial charge in [-0.2, -0.15) is 0 Å². The first-order chi connectivity index (χ1) is 18.4. The number of benzene rings is 2. The highest BCUT2D eigenvalue weighted by Crippen LogP contribution is 2.46. The van der Waals surface area contributed by atoms with Gasteiger partial charge in [-0.3, -0.25) is 14.9 Å². The van der Waals surface area contributed by atoms with E-state index in [1.54, 1.807) is 30.4 Å². The van der Waals surface area contributed by atoms with E-state index in [2.05, 4.69) is 5.32 Å². The second-order valence-corrected chi connectivity index (χ2v) is 10.2. The molecule has 0 bridgehead atoms. The van der Waals surface area contributed by atoms with Crippen molar-refractivity contribution in [1.29, 1.82) is 0 Å². The molecule has 1 aliphatic carbocycles. The Morgan fingerprint density at radius 3 is 2.50 bits per heavy atom. The number of dihydropyridines is 1. The number of allylic oxidation sites excluding steroid dienone is 3. The number of thiophene rings is 1. The van der Waals surface area contributed by atoms with Gasteiger partial charge < -0.3 is 14.8 Å². The molecule has 0 amide bonds. The third kappa shape index (κ3) is 5.24. The number of nitrogens with zero attached hydrogens (tertiary/aromatic N) is 1. The fourth-order valence-electron chi connectivity index (χ4n) is 5.04. The maximum absolute atomic E-state index is 13.6. The van der Waals surface area contributed by atoms with E-state index in [0.29, 0.717) is 41.0 Å². The quantitative estimate of drug-likeness (QED) is 0.174. The summed E-state index contributed by atoms with van der Waals surface area (Å²) >= 11 is 1.62. The highest BCUT2D eigenvalue weighted by atomic mass is 32.1. The van der Waals surface area contributed by atoms with Crippen LogP contribution in [0.1, 0.15) is 42.0 Å². The SMILES string of the molecule is CC1=C(C(=O)OCCOc2ccccc2)[C@@H](c2ccc([N+](=O)[O-])cc2)C2=C(C[C@H](c3cccs3)CC2=O)N1. The van der Waals surface area contributed by atoms with Gasteiger partial charge in [0.25, 0.3) is 5.69 Å². The third-order valence-corrected chi connectivity index (χ3v) is 7.79. The molecule has 0 radical (unpaired) electrons. The van der Waals surface area contributed by atoms with E-state index in [1.807, 2.05) is 47.8 Å². The van der Waals surface area contributed by atoms with Crippen LogP contribution in [0.4, 0.5) is 5.69 Å². The smallest absolute Gasteiger partial charge is 0.336 e. The molecule has 0 saturated heterocycles. The second-order valence-electron chi connectivity index (χ2n) is 9.18. The van der Waals surface area contributed by atoms with Crippen molar-refractivity contribution in [3.8, 4) is 5.75 Å². The van der Waals surface area contributed by atoms with Crippen LogP contribution in [0.3, 0.4) is 0 Å². The van der Waals surface area contributed by atoms with Crippen LogP contribution < -0.4 is 10.1 Å². The number of carbonyl (C=O) groups excluding carboxylic acids is 2. The maximum Gasteiger partial charge on any atom is 0.336 e. The zero-order valence-corrected chi connectivity index (χ0v) is 21.5. The van der Waals surface area contributed by atoms with E-state index in [4.69, 9.17) is 9.47 Å². The number of hydrogen-bond donors (Lipinski definition) is 1. The summed E-state index contributed by atoms with van der Waals surface area (Å²) in [5, 5.41) is 16.5. The van der Waals surface area contributed by atoms with Crippen molar-refractivity contribution in [3.05, 3.63) is 115 Å². The first kappa shape index (κ1) is 25.4. The first-order valence-electron chi connectivity index (χ1n) is 12.3. The molecule has 2 heterocycles. The first-order valence-corrected chi connectivity index (χ1v) is 13.2. The van der Waals surface area contributed by atoms with Crippen molar-refractivity contribution >= 4 is 28.8 Å². The van der Waals surface area contributed by atoms with Gasteiger partial charge in [0, 0.05) is 52.2 Å². The number of rotatable bonds is 8. The highest BCUT2D eigenvalue weighted by molar-refractivity contribution is 7.10. The van der Waals surface area contributed by atoms with Crippen LogP contribution in [0.15, 0.2) is 94.7 Å². The zero-order chi connectivity index (χ0) is 26.6. The average Bonchev–Trinajstić information content (AvgIpc) is 3.46. The predicted octanol–water partition coefficient (Wildman–Crippen LogP) is 5.64. The molecular formula is C29H26N2O6S. The number of esters is 1. The van der Waals surface area contributed by atoms with E-state index in [0.717, 1.165) is 10.6 Å². The minimum absolute atomic E-state index is 0.0256. The summed E-state index contributed by atoms with van der Waals surface area (Å²) in [4.78, 5) is 38.9. The lowest BCUT2D eigenvalue weighted by Gasteiger charge is -2.36. The molecule has 0 fully saturated rings. The molecule has 2 aliphatic rings. The summed E-state index contributed by atoms with van der Waals surface area (Å²) in [7, 11) is 0. The normalized spacial score (nSPS) is 19.0. The van der Waals surface area contributed by atoms with Crippen molar-refractivity contribution in [3.63, 3.8) is 0 Å². The lowest BCUT2D eigenvalue weighted by Crippen LogP contribution is -2.36. The van der Waals surface area contributed by atoms with E-state index < -0.39 is 16.8 Å². The predicted molar refractivity (Wildman–Crippen MR) is 143 cm³/mol. The number of Topliss-reactive ketones (excluding diaryl/α,β-unsaturated/α-hetero) is 1. The van der Waals surface area contributed by atoms with Gasteiger partial charge in [-0.05, 0) is 42.5 Å². The van der Waals surface area contributed by atoms with E-state index in [-0.39, 0.29) is 30.6 Å². The van der Waals surface area contributed by atoms with Crippen molar-refractivity contribution in [2.45, 2.75) is 31.6 Å². The van der Waals surface area contributed by atoms with Crippen LogP contribution in [0, 0.1) is 10.1 Å². The van der Waals surface area contributed by atoms with Crippen LogP contribution in [0.25, 0.3) is 0 Å². The summed E-state index contributed by atoms with van der Waals surface area (Å²) < 4.78 is 11.2. The van der Waals surface area contributed by atoms with Gasteiger partial charge in [-0.1, -0.05) is 36.4 Å². The molecular weight excluding hydrogens is 504 g/mol. The van der Waals surface area contributed by atoms with Crippen molar-refractivity contribution in [1.82, 2.24) is 5.32 Å². The van der Waals surface area contributed by atoms with Crippen LogP contribution in [0.5, 0.6) is 5.75 Å². The Bertz CT molecular complexity index is 1410. The van der Waals surface area contributed by atoms with Gasteiger partial charge in [-0.15, -0.1) is 11.3 Å². The van der Waals surface area contributed by atoms with Crippen LogP contribution in [0.2, 0.25) is 0 Å². The summed E-state index contributed by atoms with van der Waals surface area (Å²) in [5.41, 5.74) is 2.78. The summed E-state index contributed by atoms with van der Waals surface area (Å²) in [6.07, 6.45) is 0.965. The highest BCUT2D eigenvalue weighted by Gasteiger charge is 2.41. The standard InChI is InChI=1S/C29H26N2O6S/c1-18-26(29(33)37-14-13-36-22-6-3-2-4-7-22)27(19-9-11-21(12-10-19)31(34)35)28-23(30-18)16-20(17-24(28)32)25-8-5-15-38-25/h2-12,15,20,27,30H,13-14,16-17H2,1H3/t20-,27+/m0/s1. The fourth-order valence-corrected chi connectivity index (χ4v) is 5.88. The molecule has 1 aliphatic heterocycles. The van der Waals surface area contributed by atoms with Gasteiger partial charge in [0.15, 0.2) is 5.78 Å². The third-order valence-electron chi connectivity index (χ3n) is 6.76. The number of ketones is 1. The number of non-ortho nitro benzene ring substituents is 1. The van der Waals surface area contributed by atoms with E-state index in [1.165, 1.54) is 12.1 Å². The van der Waals surface area contributed by atoms with Crippen molar-refractivity contribution in [2.24, 2.45) is 0 Å². The molecule has 0 spiro atoms. The van der Waals surface area contributed by atoms with E-state index >= 15 is 0 Å². The minimum Gasteiger partial charge on any atom is -0.490 e. The summed E-state index contributed by atoms with van der Waals surface area (Å²) in [5.74, 6) is -0.570. The lowest BCUT2D eigenvalue weighted by atomic mass is 9.72. The number of para-hydroxylation sites is 1. The molecule has 38 heavy (non-hydrogen) atoms. The topological polar surface area (TPSA) is 108 Å². The Kier molecular flexibility index (Phi) is 7.37. The largest absolute Gasteiger partial charge is 0.490 e. The van der Waals surface area contributed by atoms with Crippen LogP contribution >= 0.6 is 11.3 Å². The number of carbonyl (C=O) groups is 2. The molecule has 1 N–H and O–H groups in total. The molecule has 0 unspecified atom stereocenters. The molecule has 1 aromatic heterocycles. The zero-order valence-electron chi connectivity index (χ0n) is 20.7. The Balaban J connectivity index is 1.43. The number of nitro benzene ring substituents is 1. The van der Waals surface area contributed by atoms with Crippen LogP contribution in [-0.4, -0.2) is 29.9 Å². The molecule has 3 aromatic rings. The Labute approximate surface area is 223 Å². The molecule has 194 valence electrons. The summed E-state index contributed by atoms with van der Waals surface area (Å²) in [6.45, 7) is 1.99. The molecule has 0 saturated carbocycles. The Morgan fingerprint density at radius 1 is 1.05 bits per heavy atom. The molecule has 9 heteroatoms. The average molecular weight is 531 g/mol. The number of hydrogen-bond acceptors (Lipinski definition) is 8. The second kappa shape index (κ2) is 11.0. The molecule has 2 atom stereocenters. The Hall–Kier alpha value is -4.24. The molecule has 2 aromatic carbocycles. The van der Waals surface area contributed by atoms with Gasteiger partial charge in [0.05, 0.1) is 10.5 Å². The fraction of sp³-hybridized carbons (Fsp3) is 0.241. The van der Waals surface area contributed by atoms with Crippen LogP contribution in [-0.2, 0) is 14.3 Å². The maximum atomic E-state index is 13.6. The number of ether oxygens (including phenoxy) is 2. The van der Waals surface area contributed by atoms with Crippen molar-refractivity contribution < 1.29 is 24.0 Å². The summed E-state index contributed by atoms with van der Waals surface area (Å²) in [6, 6.07) is 19.2. The van der Waals surface area contributed by atoms with Gasteiger partial charge >= 0.3 is 5.97 Å². The van der Waals surface area contributed by atoms with Crippen molar-refractivity contribution in [2.75, 3.05) is 13.2 Å². The number of nitro groups is 1. The Morgan fingerprint density at radius 2 is 1.82 bits per heavy atom. The molecule has 8 nitrogen and oxygen atoms in total. The monoisotopic (exact) mass is 530 g/mol. The lowest BCUT2D eigenvalue weighted by molar-refractivity contribution is -0.384. The van der Waals surface area contributed by atoms with Gasteiger partial charge in [0.1, 0.15) is 19.0 Å².